The van der Waals surface area contributed by atoms with Crippen LogP contribution in [0, 0.1) is 5.92 Å². The number of hydrogen-bond donors (Lipinski definition) is 1. The molecule has 0 saturated heterocycles. The quantitative estimate of drug-likeness (QED) is 0.301. The third-order valence-corrected chi connectivity index (χ3v) is 6.10. The van der Waals surface area contributed by atoms with E-state index >= 15 is 0 Å². The number of aliphatic carboxylic acids is 1. The Labute approximate surface area is 195 Å². The highest BCUT2D eigenvalue weighted by Crippen LogP contribution is 2.22. The topological polar surface area (TPSA) is 55.1 Å². The minimum atomic E-state index is -0.689. The average Bonchev–Trinajstić information content (AvgIpc) is 3.31. The Morgan fingerprint density at radius 1 is 0.758 bits per heavy atom. The minimum absolute atomic E-state index is 0.301. The third-order valence-electron chi connectivity index (χ3n) is 6.10. The molecule has 33 heavy (non-hydrogen) atoms. The minimum Gasteiger partial charge on any atom is -0.481 e. The number of hydrogen-bond acceptors (Lipinski definition) is 2. The first-order chi connectivity index (χ1) is 16.2. The Morgan fingerprint density at radius 2 is 1.39 bits per heavy atom. The van der Waals surface area contributed by atoms with E-state index in [4.69, 9.17) is 0 Å². The largest absolute Gasteiger partial charge is 0.481 e. The molecular weight excluding hydrogens is 408 g/mol. The Morgan fingerprint density at radius 3 is 2.06 bits per heavy atom. The van der Waals surface area contributed by atoms with E-state index in [1.807, 2.05) is 47.3 Å². The second-order valence-electron chi connectivity index (χ2n) is 8.56. The van der Waals surface area contributed by atoms with Crippen molar-refractivity contribution in [3.63, 3.8) is 0 Å². The molecule has 168 valence electrons. The normalized spacial score (nSPS) is 11.9. The van der Waals surface area contributed by atoms with E-state index in [1.165, 1.54) is 16.7 Å². The van der Waals surface area contributed by atoms with E-state index in [9.17, 15) is 9.90 Å². The van der Waals surface area contributed by atoms with Crippen LogP contribution in [0.2, 0.25) is 0 Å². The van der Waals surface area contributed by atoms with E-state index < -0.39 is 5.97 Å². The molecule has 0 aliphatic carbocycles. The number of carboxylic acid groups (broad SMARTS) is 1. The number of nitrogens with zero attached hydrogens (tertiary/aromatic N) is 2. The maximum Gasteiger partial charge on any atom is 0.306 e. The van der Waals surface area contributed by atoms with Gasteiger partial charge in [0.25, 0.3) is 0 Å². The summed E-state index contributed by atoms with van der Waals surface area (Å²) in [4.78, 5) is 11.7. The molecule has 1 aromatic heterocycles. The lowest BCUT2D eigenvalue weighted by molar-refractivity contribution is -0.142. The van der Waals surface area contributed by atoms with Crippen LogP contribution in [0.3, 0.4) is 0 Å². The highest BCUT2D eigenvalue weighted by atomic mass is 16.4. The van der Waals surface area contributed by atoms with Crippen molar-refractivity contribution >= 4 is 5.97 Å². The SMILES string of the molecule is O=C(O)C(CCCc1ccccc1)CCc1ccc(-c2cnn(Cc3ccccc3)c2)cc1. The van der Waals surface area contributed by atoms with Gasteiger partial charge in [-0.3, -0.25) is 9.48 Å². The lowest BCUT2D eigenvalue weighted by atomic mass is 9.93. The fourth-order valence-corrected chi connectivity index (χ4v) is 4.16. The summed E-state index contributed by atoms with van der Waals surface area (Å²) in [6, 6.07) is 29.0. The van der Waals surface area contributed by atoms with Gasteiger partial charge in [-0.05, 0) is 54.4 Å². The van der Waals surface area contributed by atoms with Crippen molar-refractivity contribution in [3.8, 4) is 11.1 Å². The van der Waals surface area contributed by atoms with Crippen LogP contribution < -0.4 is 0 Å². The van der Waals surface area contributed by atoms with E-state index in [-0.39, 0.29) is 5.92 Å². The predicted molar refractivity (Wildman–Crippen MR) is 132 cm³/mol. The van der Waals surface area contributed by atoms with Crippen LogP contribution in [-0.2, 0) is 24.2 Å². The standard InChI is InChI=1S/C29H30N2O2/c32-29(33)27(13-7-12-23-8-3-1-4-9-23)19-16-24-14-17-26(18-15-24)28-20-30-31(22-28)21-25-10-5-2-6-11-25/h1-6,8-11,14-15,17-18,20,22,27H,7,12-13,16,19,21H2,(H,32,33). The van der Waals surface area contributed by atoms with Gasteiger partial charge in [-0.15, -0.1) is 0 Å². The van der Waals surface area contributed by atoms with Gasteiger partial charge in [0.15, 0.2) is 0 Å². The van der Waals surface area contributed by atoms with Gasteiger partial charge in [0.2, 0.25) is 0 Å². The van der Waals surface area contributed by atoms with Gasteiger partial charge >= 0.3 is 5.97 Å². The molecule has 4 aromatic rings. The summed E-state index contributed by atoms with van der Waals surface area (Å²) < 4.78 is 1.95. The van der Waals surface area contributed by atoms with E-state index in [1.54, 1.807) is 0 Å². The first kappa shape index (κ1) is 22.5. The molecule has 1 N–H and O–H groups in total. The molecule has 0 saturated carbocycles. The molecule has 0 amide bonds. The summed E-state index contributed by atoms with van der Waals surface area (Å²) in [6.07, 6.45) is 7.93. The number of carbonyl (C=O) groups is 1. The third kappa shape index (κ3) is 6.66. The van der Waals surface area contributed by atoms with Crippen molar-refractivity contribution in [1.82, 2.24) is 9.78 Å². The lowest BCUT2D eigenvalue weighted by Crippen LogP contribution is -2.15. The van der Waals surface area contributed by atoms with Crippen molar-refractivity contribution in [3.05, 3.63) is 114 Å². The lowest BCUT2D eigenvalue weighted by Gasteiger charge is -2.12. The van der Waals surface area contributed by atoms with Crippen LogP contribution in [0.15, 0.2) is 97.3 Å². The van der Waals surface area contributed by atoms with E-state index in [2.05, 4.69) is 59.8 Å². The van der Waals surface area contributed by atoms with E-state index in [0.29, 0.717) is 12.8 Å². The molecule has 4 rings (SSSR count). The van der Waals surface area contributed by atoms with Crippen LogP contribution in [-0.4, -0.2) is 20.9 Å². The molecule has 0 aliphatic heterocycles. The van der Waals surface area contributed by atoms with Gasteiger partial charge in [0, 0.05) is 11.8 Å². The smallest absolute Gasteiger partial charge is 0.306 e. The van der Waals surface area contributed by atoms with Crippen molar-refractivity contribution in [1.29, 1.82) is 0 Å². The van der Waals surface area contributed by atoms with Gasteiger partial charge in [-0.25, -0.2) is 0 Å². The maximum absolute atomic E-state index is 11.7. The zero-order valence-corrected chi connectivity index (χ0v) is 18.8. The Hall–Kier alpha value is -3.66. The molecular formula is C29H30N2O2. The van der Waals surface area contributed by atoms with Gasteiger partial charge < -0.3 is 5.11 Å². The molecule has 3 aromatic carbocycles. The van der Waals surface area contributed by atoms with E-state index in [0.717, 1.165) is 36.9 Å². The molecule has 0 aliphatic rings. The van der Waals surface area contributed by atoms with Gasteiger partial charge in [0.05, 0.1) is 18.7 Å². The number of benzene rings is 3. The summed E-state index contributed by atoms with van der Waals surface area (Å²) in [5.74, 6) is -0.991. The summed E-state index contributed by atoms with van der Waals surface area (Å²) in [5.41, 5.74) is 5.87. The van der Waals surface area contributed by atoms with Crippen LogP contribution in [0.25, 0.3) is 11.1 Å². The average molecular weight is 439 g/mol. The molecule has 4 nitrogen and oxygen atoms in total. The number of carboxylic acids is 1. The first-order valence-electron chi connectivity index (χ1n) is 11.6. The first-order valence-corrected chi connectivity index (χ1v) is 11.6. The van der Waals surface area contributed by atoms with Crippen molar-refractivity contribution in [2.24, 2.45) is 5.92 Å². The van der Waals surface area contributed by atoms with Crippen molar-refractivity contribution in [2.45, 2.75) is 38.6 Å². The molecule has 0 bridgehead atoms. The molecule has 0 radical (unpaired) electrons. The zero-order valence-electron chi connectivity index (χ0n) is 18.8. The monoisotopic (exact) mass is 438 g/mol. The Kier molecular flexibility index (Phi) is 7.70. The summed E-state index contributed by atoms with van der Waals surface area (Å²) in [6.45, 7) is 0.750. The van der Waals surface area contributed by atoms with Gasteiger partial charge in [0.1, 0.15) is 0 Å². The second-order valence-corrected chi connectivity index (χ2v) is 8.56. The van der Waals surface area contributed by atoms with Crippen LogP contribution in [0.4, 0.5) is 0 Å². The molecule has 0 spiro atoms. The second kappa shape index (κ2) is 11.3. The fourth-order valence-electron chi connectivity index (χ4n) is 4.16. The predicted octanol–water partition coefficient (Wildman–Crippen LogP) is 6.25. The Balaban J connectivity index is 1.29. The van der Waals surface area contributed by atoms with Gasteiger partial charge in [-0.2, -0.15) is 5.10 Å². The zero-order chi connectivity index (χ0) is 22.9. The number of rotatable bonds is 11. The van der Waals surface area contributed by atoms with Crippen LogP contribution in [0.5, 0.6) is 0 Å². The van der Waals surface area contributed by atoms with Crippen molar-refractivity contribution < 1.29 is 9.90 Å². The van der Waals surface area contributed by atoms with Crippen LogP contribution >= 0.6 is 0 Å². The maximum atomic E-state index is 11.7. The highest BCUT2D eigenvalue weighted by Gasteiger charge is 2.17. The molecule has 1 heterocycles. The van der Waals surface area contributed by atoms with Crippen LogP contribution in [0.1, 0.15) is 36.0 Å². The highest BCUT2D eigenvalue weighted by molar-refractivity contribution is 5.70. The fraction of sp³-hybridized carbons (Fsp3) is 0.241. The summed E-state index contributed by atoms with van der Waals surface area (Å²) in [5, 5.41) is 14.1. The summed E-state index contributed by atoms with van der Waals surface area (Å²) in [7, 11) is 0. The van der Waals surface area contributed by atoms with Gasteiger partial charge in [-0.1, -0.05) is 84.9 Å². The number of aryl methyl sites for hydroxylation is 2. The van der Waals surface area contributed by atoms with Crippen molar-refractivity contribution in [2.75, 3.05) is 0 Å². The molecule has 4 heteroatoms. The molecule has 1 atom stereocenters. The summed E-state index contributed by atoms with van der Waals surface area (Å²) >= 11 is 0. The number of aromatic nitrogens is 2. The molecule has 1 unspecified atom stereocenters. The molecule has 0 fully saturated rings. The Bertz CT molecular complexity index is 1140.